The molecular weight excluding hydrogens is 346 g/mol. The molecule has 0 heterocycles. The van der Waals surface area contributed by atoms with Crippen molar-refractivity contribution in [2.24, 2.45) is 15.1 Å². The summed E-state index contributed by atoms with van der Waals surface area (Å²) in [6, 6.07) is 4.43. The lowest BCUT2D eigenvalue weighted by Crippen LogP contribution is -2.34. The van der Waals surface area contributed by atoms with Crippen LogP contribution in [-0.4, -0.2) is 56.0 Å². The first-order chi connectivity index (χ1) is 11.4. The SMILES string of the molecule is CN(C)C(=O)c1cccc(NC(=NS(=O)[O-])C(N)=NC(C)(C)C)c1O. The first kappa shape index (κ1) is 20.6. The zero-order valence-electron chi connectivity index (χ0n) is 14.7. The van der Waals surface area contributed by atoms with E-state index in [4.69, 9.17) is 5.73 Å². The van der Waals surface area contributed by atoms with E-state index in [1.807, 2.05) is 0 Å². The average molecular weight is 368 g/mol. The second-order valence-electron chi connectivity index (χ2n) is 6.35. The molecule has 1 amide bonds. The van der Waals surface area contributed by atoms with E-state index in [1.165, 1.54) is 23.1 Å². The third-order valence-electron chi connectivity index (χ3n) is 2.79. The van der Waals surface area contributed by atoms with E-state index in [1.54, 1.807) is 34.9 Å². The number of phenolic OH excluding ortho intramolecular Hbond substituents is 1. The lowest BCUT2D eigenvalue weighted by molar-refractivity contribution is 0.0824. The number of amides is 1. The molecule has 0 fully saturated rings. The number of hydrogen-bond donors (Lipinski definition) is 3. The van der Waals surface area contributed by atoms with Gasteiger partial charge in [0.05, 0.1) is 28.1 Å². The van der Waals surface area contributed by atoms with Gasteiger partial charge in [-0.15, -0.1) is 0 Å². The Morgan fingerprint density at radius 3 is 2.44 bits per heavy atom. The third-order valence-corrected chi connectivity index (χ3v) is 3.12. The van der Waals surface area contributed by atoms with Crippen LogP contribution in [0.2, 0.25) is 0 Å². The summed E-state index contributed by atoms with van der Waals surface area (Å²) < 4.78 is 25.3. The molecule has 25 heavy (non-hydrogen) atoms. The Labute approximate surface area is 149 Å². The second-order valence-corrected chi connectivity index (χ2v) is 6.97. The lowest BCUT2D eigenvalue weighted by Gasteiger charge is -2.18. The number of para-hydroxylation sites is 1. The Hall–Kier alpha value is -2.46. The molecule has 0 bridgehead atoms. The van der Waals surface area contributed by atoms with Gasteiger partial charge in [-0.1, -0.05) is 6.07 Å². The van der Waals surface area contributed by atoms with E-state index in [0.717, 1.165) is 0 Å². The van der Waals surface area contributed by atoms with Crippen LogP contribution in [0.15, 0.2) is 27.6 Å². The predicted octanol–water partition coefficient (Wildman–Crippen LogP) is 0.854. The van der Waals surface area contributed by atoms with Crippen molar-refractivity contribution in [2.45, 2.75) is 26.3 Å². The minimum Gasteiger partial charge on any atom is -0.754 e. The molecule has 1 aromatic carbocycles. The van der Waals surface area contributed by atoms with Crippen molar-refractivity contribution in [2.75, 3.05) is 19.4 Å². The van der Waals surface area contributed by atoms with Crippen LogP contribution in [0.1, 0.15) is 31.1 Å². The molecule has 0 saturated carbocycles. The van der Waals surface area contributed by atoms with Gasteiger partial charge in [0.15, 0.2) is 17.4 Å². The van der Waals surface area contributed by atoms with E-state index in [2.05, 4.69) is 14.7 Å². The number of carbonyl (C=O) groups is 1. The number of nitrogens with zero attached hydrogens (tertiary/aromatic N) is 3. The molecule has 1 atom stereocenters. The van der Waals surface area contributed by atoms with Crippen molar-refractivity contribution in [1.29, 1.82) is 0 Å². The molecule has 0 aliphatic heterocycles. The van der Waals surface area contributed by atoms with Gasteiger partial charge in [0.2, 0.25) is 0 Å². The summed E-state index contributed by atoms with van der Waals surface area (Å²) in [4.78, 5) is 17.5. The largest absolute Gasteiger partial charge is 0.754 e. The van der Waals surface area contributed by atoms with Crippen molar-refractivity contribution in [3.63, 3.8) is 0 Å². The van der Waals surface area contributed by atoms with E-state index >= 15 is 0 Å². The maximum atomic E-state index is 12.1. The van der Waals surface area contributed by atoms with E-state index in [0.29, 0.717) is 0 Å². The van der Waals surface area contributed by atoms with Gasteiger partial charge in [-0.2, -0.15) is 4.40 Å². The van der Waals surface area contributed by atoms with Crippen LogP contribution in [-0.2, 0) is 11.3 Å². The van der Waals surface area contributed by atoms with Gasteiger partial charge in [0.25, 0.3) is 5.91 Å². The maximum Gasteiger partial charge on any atom is 0.257 e. The van der Waals surface area contributed by atoms with E-state index < -0.39 is 22.7 Å². The van der Waals surface area contributed by atoms with E-state index in [-0.39, 0.29) is 28.7 Å². The summed E-state index contributed by atoms with van der Waals surface area (Å²) in [5.74, 6) is -1.18. The minimum absolute atomic E-state index is 0.0453. The molecule has 4 N–H and O–H groups in total. The van der Waals surface area contributed by atoms with Gasteiger partial charge in [-0.3, -0.25) is 14.0 Å². The number of aliphatic imine (C=N–C) groups is 1. The number of benzene rings is 1. The highest BCUT2D eigenvalue weighted by atomic mass is 32.2. The molecule has 1 aromatic rings. The first-order valence-electron chi connectivity index (χ1n) is 7.27. The van der Waals surface area contributed by atoms with E-state index in [9.17, 15) is 18.7 Å². The lowest BCUT2D eigenvalue weighted by atomic mass is 10.1. The summed E-state index contributed by atoms with van der Waals surface area (Å²) in [6.45, 7) is 5.33. The van der Waals surface area contributed by atoms with Gasteiger partial charge >= 0.3 is 0 Å². The monoisotopic (exact) mass is 368 g/mol. The fraction of sp³-hybridized carbons (Fsp3) is 0.400. The highest BCUT2D eigenvalue weighted by Gasteiger charge is 2.18. The van der Waals surface area contributed by atoms with Crippen LogP contribution in [0.3, 0.4) is 0 Å². The Bertz CT molecular complexity index is 738. The zero-order chi connectivity index (χ0) is 19.4. The topological polar surface area (TPSA) is 143 Å². The Kier molecular flexibility index (Phi) is 6.65. The van der Waals surface area contributed by atoms with Gasteiger partial charge < -0.3 is 25.6 Å². The normalized spacial score (nSPS) is 14.2. The highest BCUT2D eigenvalue weighted by Crippen LogP contribution is 2.28. The quantitative estimate of drug-likeness (QED) is 0.312. The number of carbonyl (C=O) groups excluding carboxylic acids is 1. The molecule has 0 aliphatic carbocycles. The number of phenols is 1. The van der Waals surface area contributed by atoms with Crippen LogP contribution in [0.5, 0.6) is 5.75 Å². The molecule has 1 unspecified atom stereocenters. The van der Waals surface area contributed by atoms with Crippen LogP contribution in [0.4, 0.5) is 5.69 Å². The van der Waals surface area contributed by atoms with Crippen molar-refractivity contribution in [3.05, 3.63) is 23.8 Å². The maximum absolute atomic E-state index is 12.1. The van der Waals surface area contributed by atoms with Crippen molar-refractivity contribution in [3.8, 4) is 5.75 Å². The van der Waals surface area contributed by atoms with Crippen LogP contribution in [0.25, 0.3) is 0 Å². The number of amidine groups is 2. The fourth-order valence-corrected chi connectivity index (χ4v) is 2.10. The minimum atomic E-state index is -2.79. The van der Waals surface area contributed by atoms with Crippen molar-refractivity contribution >= 4 is 34.5 Å². The summed E-state index contributed by atoms with van der Waals surface area (Å²) in [7, 11) is 3.09. The third kappa shape index (κ3) is 6.16. The molecule has 10 heteroatoms. The number of nitrogens with one attached hydrogen (secondary N) is 1. The molecule has 138 valence electrons. The average Bonchev–Trinajstić information content (AvgIpc) is 2.45. The Balaban J connectivity index is 3.32. The van der Waals surface area contributed by atoms with Crippen LogP contribution < -0.4 is 11.1 Å². The Morgan fingerprint density at radius 2 is 1.96 bits per heavy atom. The highest BCUT2D eigenvalue weighted by molar-refractivity contribution is 7.78. The fourth-order valence-electron chi connectivity index (χ4n) is 1.81. The first-order valence-corrected chi connectivity index (χ1v) is 8.30. The van der Waals surface area contributed by atoms with Crippen LogP contribution in [0, 0.1) is 0 Å². The summed E-state index contributed by atoms with van der Waals surface area (Å²) in [5.41, 5.74) is 5.37. The van der Waals surface area contributed by atoms with Gasteiger partial charge in [-0.25, -0.2) is 0 Å². The molecule has 0 saturated heterocycles. The number of hydrogen-bond acceptors (Lipinski definition) is 5. The molecular formula is C15H22N5O4S-. The van der Waals surface area contributed by atoms with Crippen LogP contribution >= 0.6 is 0 Å². The van der Waals surface area contributed by atoms with Gasteiger partial charge in [-0.05, 0) is 32.9 Å². The number of anilines is 1. The smallest absolute Gasteiger partial charge is 0.257 e. The summed E-state index contributed by atoms with van der Waals surface area (Å²) >= 11 is -2.79. The molecule has 9 nitrogen and oxygen atoms in total. The summed E-state index contributed by atoms with van der Waals surface area (Å²) in [6.07, 6.45) is 0. The molecule has 0 aliphatic rings. The van der Waals surface area contributed by atoms with Gasteiger partial charge in [0.1, 0.15) is 0 Å². The number of nitrogens with two attached hydrogens (primary N) is 1. The second kappa shape index (κ2) is 8.08. The summed E-state index contributed by atoms with van der Waals surface area (Å²) in [5, 5.41) is 12.9. The zero-order valence-corrected chi connectivity index (χ0v) is 15.5. The van der Waals surface area contributed by atoms with Gasteiger partial charge in [0, 0.05) is 14.1 Å². The van der Waals surface area contributed by atoms with Crippen molar-refractivity contribution in [1.82, 2.24) is 4.90 Å². The molecule has 0 radical (unpaired) electrons. The Morgan fingerprint density at radius 1 is 1.36 bits per heavy atom. The van der Waals surface area contributed by atoms with Crippen molar-refractivity contribution < 1.29 is 18.7 Å². The number of rotatable bonds is 3. The molecule has 1 rings (SSSR count). The number of aromatic hydroxyl groups is 1. The predicted molar refractivity (Wildman–Crippen MR) is 97.5 cm³/mol. The molecule has 0 aromatic heterocycles. The standard InChI is InChI=1S/C15H23N5O4S/c1-15(2,3)18-12(16)13(19-25(23)24)17-10-8-6-7-9(11(10)21)14(22)20(4)5/h6-8,21H,1-5H3,(H2,16,18)(H,17,19)(H,23,24)/p-1. The molecule has 0 spiro atoms.